The van der Waals surface area contributed by atoms with Crippen molar-refractivity contribution in [2.75, 3.05) is 16.8 Å². The van der Waals surface area contributed by atoms with Gasteiger partial charge in [0.15, 0.2) is 0 Å². The summed E-state index contributed by atoms with van der Waals surface area (Å²) in [4.78, 5) is 27.3. The van der Waals surface area contributed by atoms with Gasteiger partial charge in [0.2, 0.25) is 5.91 Å². The summed E-state index contributed by atoms with van der Waals surface area (Å²) < 4.78 is 0. The average Bonchev–Trinajstić information content (AvgIpc) is 2.83. The van der Waals surface area contributed by atoms with Crippen LogP contribution in [0.25, 0.3) is 0 Å². The number of benzene rings is 3. The topological polar surface area (TPSA) is 81.7 Å². The highest BCUT2D eigenvalue weighted by atomic mass is 35.5. The molecule has 35 heavy (non-hydrogen) atoms. The summed E-state index contributed by atoms with van der Waals surface area (Å²) in [6, 6.07) is 22.8. The molecule has 182 valence electrons. The Kier molecular flexibility index (Phi) is 7.15. The van der Waals surface area contributed by atoms with Crippen LogP contribution >= 0.6 is 11.6 Å². The van der Waals surface area contributed by atoms with Gasteiger partial charge in [-0.3, -0.25) is 9.59 Å². The number of nitrogens with zero attached hydrogens (tertiary/aromatic N) is 1. The van der Waals surface area contributed by atoms with Gasteiger partial charge in [-0.05, 0) is 73.9 Å². The van der Waals surface area contributed by atoms with Crippen molar-refractivity contribution >= 4 is 34.8 Å². The summed E-state index contributed by atoms with van der Waals surface area (Å²) >= 11 is 6.07. The molecule has 0 aromatic heterocycles. The molecule has 1 aliphatic heterocycles. The Morgan fingerprint density at radius 3 is 2.37 bits per heavy atom. The molecule has 2 amide bonds. The third-order valence-electron chi connectivity index (χ3n) is 6.48. The summed E-state index contributed by atoms with van der Waals surface area (Å²) in [5, 5.41) is 16.4. The zero-order valence-corrected chi connectivity index (χ0v) is 20.8. The second kappa shape index (κ2) is 10.1. The van der Waals surface area contributed by atoms with Crippen LogP contribution in [0.4, 0.5) is 11.4 Å². The molecular formula is C28H30ClN3O3. The lowest BCUT2D eigenvalue weighted by molar-refractivity contribution is -0.118. The van der Waals surface area contributed by atoms with Crippen molar-refractivity contribution in [1.29, 1.82) is 0 Å². The van der Waals surface area contributed by atoms with Gasteiger partial charge in [0.05, 0.1) is 17.7 Å². The predicted octanol–water partition coefficient (Wildman–Crippen LogP) is 5.28. The standard InChI is InChI=1S/C28H30ClN3O3/c1-18(33)17-30-27(35)20-8-10-21(11-9-20)28(3)16-25(31-23-14-12-22(29)13-15-23)24-6-4-5-7-26(24)32(28)19(2)34/h4-15,18,25,31,33H,16-17H2,1-3H3,(H,30,35)/t18-,25+,28-/m0/s1. The molecule has 0 aliphatic carbocycles. The molecule has 0 fully saturated rings. The zero-order chi connectivity index (χ0) is 25.2. The molecule has 1 aliphatic rings. The van der Waals surface area contributed by atoms with Crippen LogP contribution in [0.1, 0.15) is 54.7 Å². The maximum Gasteiger partial charge on any atom is 0.251 e. The lowest BCUT2D eigenvalue weighted by atomic mass is 9.77. The minimum absolute atomic E-state index is 0.0522. The maximum absolute atomic E-state index is 13.0. The average molecular weight is 492 g/mol. The van der Waals surface area contributed by atoms with E-state index in [-0.39, 0.29) is 24.4 Å². The second-order valence-electron chi connectivity index (χ2n) is 9.23. The van der Waals surface area contributed by atoms with Crippen LogP contribution in [-0.4, -0.2) is 29.6 Å². The lowest BCUT2D eigenvalue weighted by Gasteiger charge is -2.49. The Hall–Kier alpha value is -3.35. The lowest BCUT2D eigenvalue weighted by Crippen LogP contribution is -2.51. The van der Waals surface area contributed by atoms with Crippen LogP contribution < -0.4 is 15.5 Å². The molecule has 6 nitrogen and oxygen atoms in total. The summed E-state index contributed by atoms with van der Waals surface area (Å²) in [5.41, 5.74) is 3.62. The van der Waals surface area contributed by atoms with Gasteiger partial charge in [-0.15, -0.1) is 0 Å². The van der Waals surface area contributed by atoms with Crippen LogP contribution in [0.15, 0.2) is 72.8 Å². The first-order valence-electron chi connectivity index (χ1n) is 11.7. The fraction of sp³-hybridized carbons (Fsp3) is 0.286. The number of nitrogens with one attached hydrogen (secondary N) is 2. The monoisotopic (exact) mass is 491 g/mol. The van der Waals surface area contributed by atoms with Gasteiger partial charge in [0.1, 0.15) is 0 Å². The number of carbonyl (C=O) groups excluding carboxylic acids is 2. The summed E-state index contributed by atoms with van der Waals surface area (Å²) in [6.45, 7) is 5.45. The molecule has 4 rings (SSSR count). The minimum Gasteiger partial charge on any atom is -0.392 e. The first-order chi connectivity index (χ1) is 16.7. The van der Waals surface area contributed by atoms with Gasteiger partial charge < -0.3 is 20.6 Å². The zero-order valence-electron chi connectivity index (χ0n) is 20.1. The molecule has 0 radical (unpaired) electrons. The van der Waals surface area contributed by atoms with Crippen molar-refractivity contribution < 1.29 is 14.7 Å². The molecule has 1 heterocycles. The third-order valence-corrected chi connectivity index (χ3v) is 6.73. The molecule has 0 bridgehead atoms. The normalized spacial score (nSPS) is 20.0. The fourth-order valence-electron chi connectivity index (χ4n) is 4.81. The molecule has 7 heteroatoms. The number of anilines is 2. The summed E-state index contributed by atoms with van der Waals surface area (Å²) in [5.74, 6) is -0.300. The number of halogens is 1. The van der Waals surface area contributed by atoms with Gasteiger partial charge in [-0.25, -0.2) is 0 Å². The van der Waals surface area contributed by atoms with E-state index in [1.54, 1.807) is 26.0 Å². The van der Waals surface area contributed by atoms with E-state index >= 15 is 0 Å². The van der Waals surface area contributed by atoms with Gasteiger partial charge in [0.25, 0.3) is 5.91 Å². The Balaban J connectivity index is 1.71. The van der Waals surface area contributed by atoms with E-state index in [1.165, 1.54) is 0 Å². The first kappa shape index (κ1) is 24.8. The molecule has 3 aromatic carbocycles. The van der Waals surface area contributed by atoms with Crippen LogP contribution in [0.3, 0.4) is 0 Å². The predicted molar refractivity (Wildman–Crippen MR) is 140 cm³/mol. The fourth-order valence-corrected chi connectivity index (χ4v) is 4.94. The van der Waals surface area contributed by atoms with Crippen molar-refractivity contribution in [3.05, 3.63) is 94.5 Å². The van der Waals surface area contributed by atoms with E-state index in [2.05, 4.69) is 17.6 Å². The highest BCUT2D eigenvalue weighted by molar-refractivity contribution is 6.30. The Morgan fingerprint density at radius 1 is 1.09 bits per heavy atom. The molecule has 3 atom stereocenters. The summed E-state index contributed by atoms with van der Waals surface area (Å²) in [7, 11) is 0. The smallest absolute Gasteiger partial charge is 0.251 e. The maximum atomic E-state index is 13.0. The third kappa shape index (κ3) is 5.19. The van der Waals surface area contributed by atoms with Gasteiger partial charge in [0, 0.05) is 35.4 Å². The number of para-hydroxylation sites is 1. The number of aliphatic hydroxyl groups is 1. The van der Waals surface area contributed by atoms with E-state index in [0.29, 0.717) is 17.0 Å². The van der Waals surface area contributed by atoms with E-state index in [0.717, 1.165) is 22.5 Å². The number of amides is 2. The number of rotatable bonds is 6. The van der Waals surface area contributed by atoms with Crippen LogP contribution in [-0.2, 0) is 10.3 Å². The first-order valence-corrected chi connectivity index (χ1v) is 12.1. The van der Waals surface area contributed by atoms with Gasteiger partial charge >= 0.3 is 0 Å². The Bertz CT molecular complexity index is 1210. The highest BCUT2D eigenvalue weighted by Gasteiger charge is 2.44. The molecular weight excluding hydrogens is 462 g/mol. The number of fused-ring (bicyclic) bond motifs is 1. The van der Waals surface area contributed by atoms with Gasteiger partial charge in [-0.1, -0.05) is 41.9 Å². The molecule has 0 saturated heterocycles. The summed E-state index contributed by atoms with van der Waals surface area (Å²) in [6.07, 6.45) is 0.00779. The van der Waals surface area contributed by atoms with Crippen LogP contribution in [0.5, 0.6) is 0 Å². The quantitative estimate of drug-likeness (QED) is 0.438. The highest BCUT2D eigenvalue weighted by Crippen LogP contribution is 2.48. The second-order valence-corrected chi connectivity index (χ2v) is 9.67. The number of hydrogen-bond acceptors (Lipinski definition) is 4. The van der Waals surface area contributed by atoms with Crippen molar-refractivity contribution in [2.45, 2.75) is 44.9 Å². The number of carbonyl (C=O) groups is 2. The minimum atomic E-state index is -0.654. The van der Waals surface area contributed by atoms with Crippen molar-refractivity contribution in [3.63, 3.8) is 0 Å². The van der Waals surface area contributed by atoms with E-state index in [1.807, 2.05) is 65.6 Å². The Labute approximate surface area is 210 Å². The Morgan fingerprint density at radius 2 is 1.74 bits per heavy atom. The molecule has 3 N–H and O–H groups in total. The van der Waals surface area contributed by atoms with Crippen LogP contribution in [0, 0.1) is 0 Å². The SMILES string of the molecule is CC(=O)N1c2ccccc2[C@H](Nc2ccc(Cl)cc2)C[C@@]1(C)c1ccc(C(=O)NC[C@H](C)O)cc1. The van der Waals surface area contributed by atoms with E-state index in [4.69, 9.17) is 11.6 Å². The van der Waals surface area contributed by atoms with Gasteiger partial charge in [-0.2, -0.15) is 0 Å². The number of aliphatic hydroxyl groups excluding tert-OH is 1. The number of hydrogen-bond donors (Lipinski definition) is 3. The van der Waals surface area contributed by atoms with Crippen molar-refractivity contribution in [3.8, 4) is 0 Å². The van der Waals surface area contributed by atoms with E-state index in [9.17, 15) is 14.7 Å². The van der Waals surface area contributed by atoms with Crippen molar-refractivity contribution in [1.82, 2.24) is 5.32 Å². The van der Waals surface area contributed by atoms with E-state index < -0.39 is 11.6 Å². The molecule has 3 aromatic rings. The van der Waals surface area contributed by atoms with Crippen LogP contribution in [0.2, 0.25) is 5.02 Å². The van der Waals surface area contributed by atoms with Crippen molar-refractivity contribution in [2.24, 2.45) is 0 Å². The molecule has 0 spiro atoms. The largest absolute Gasteiger partial charge is 0.392 e. The molecule has 0 saturated carbocycles. The molecule has 0 unspecified atom stereocenters.